The Bertz CT molecular complexity index is 597. The van der Waals surface area contributed by atoms with E-state index < -0.39 is 0 Å². The highest BCUT2D eigenvalue weighted by Crippen LogP contribution is 2.13. The van der Waals surface area contributed by atoms with Crippen LogP contribution in [0.25, 0.3) is 0 Å². The molecule has 1 amide bonds. The van der Waals surface area contributed by atoms with Crippen molar-refractivity contribution in [3.8, 4) is 6.07 Å². The highest BCUT2D eigenvalue weighted by Gasteiger charge is 2.16. The van der Waals surface area contributed by atoms with Crippen LogP contribution in [0.1, 0.15) is 50.8 Å². The second-order valence-electron chi connectivity index (χ2n) is 5.50. The first-order chi connectivity index (χ1) is 9.92. The van der Waals surface area contributed by atoms with Crippen LogP contribution in [0.5, 0.6) is 0 Å². The van der Waals surface area contributed by atoms with E-state index in [1.807, 2.05) is 19.9 Å². The first-order valence-electron chi connectivity index (χ1n) is 7.30. The summed E-state index contributed by atoms with van der Waals surface area (Å²) in [5.74, 6) is 0.00160. The van der Waals surface area contributed by atoms with Crippen LogP contribution in [-0.4, -0.2) is 29.0 Å². The van der Waals surface area contributed by atoms with E-state index in [0.29, 0.717) is 6.54 Å². The van der Waals surface area contributed by atoms with Crippen molar-refractivity contribution in [2.24, 2.45) is 0 Å². The monoisotopic (exact) mass is 289 g/mol. The fraction of sp³-hybridized carbons (Fsp3) is 0.562. The summed E-state index contributed by atoms with van der Waals surface area (Å²) in [7, 11) is 1.74. The lowest BCUT2D eigenvalue weighted by Gasteiger charge is -2.20. The molecule has 1 aromatic rings. The third kappa shape index (κ3) is 4.19. The van der Waals surface area contributed by atoms with E-state index in [-0.39, 0.29) is 29.5 Å². The maximum atomic E-state index is 12.3. The third-order valence-corrected chi connectivity index (χ3v) is 3.49. The van der Waals surface area contributed by atoms with Crippen molar-refractivity contribution < 1.29 is 4.79 Å². The van der Waals surface area contributed by atoms with Gasteiger partial charge in [0.05, 0.1) is 0 Å². The molecule has 0 aliphatic heterocycles. The van der Waals surface area contributed by atoms with Gasteiger partial charge in [-0.25, -0.2) is 0 Å². The Labute approximate surface area is 125 Å². The first-order valence-corrected chi connectivity index (χ1v) is 7.30. The Morgan fingerprint density at radius 3 is 2.62 bits per heavy atom. The minimum absolute atomic E-state index is 0.0118. The minimum Gasteiger partial charge on any atom is -0.344 e. The Hall–Kier alpha value is -2.09. The van der Waals surface area contributed by atoms with E-state index in [1.165, 1.54) is 10.6 Å². The topological polar surface area (TPSA) is 66.1 Å². The number of carbonyl (C=O) groups is 1. The molecule has 0 aliphatic rings. The summed E-state index contributed by atoms with van der Waals surface area (Å²) >= 11 is 0. The van der Waals surface area contributed by atoms with Gasteiger partial charge in [0.15, 0.2) is 0 Å². The van der Waals surface area contributed by atoms with Crippen LogP contribution in [-0.2, 0) is 11.3 Å². The molecular formula is C16H23N3O2. The summed E-state index contributed by atoms with van der Waals surface area (Å²) in [4.78, 5) is 26.1. The predicted molar refractivity (Wildman–Crippen MR) is 82.1 cm³/mol. The molecule has 5 heteroatoms. The van der Waals surface area contributed by atoms with Crippen molar-refractivity contribution in [1.82, 2.24) is 9.47 Å². The highest BCUT2D eigenvalue weighted by molar-refractivity contribution is 5.75. The van der Waals surface area contributed by atoms with Crippen LogP contribution >= 0.6 is 0 Å². The molecule has 0 aromatic carbocycles. The average Bonchev–Trinajstić information content (AvgIpc) is 2.46. The van der Waals surface area contributed by atoms with Gasteiger partial charge in [-0.3, -0.25) is 9.59 Å². The van der Waals surface area contributed by atoms with Gasteiger partial charge in [0.1, 0.15) is 18.2 Å². The molecule has 0 unspecified atom stereocenters. The number of hydrogen-bond donors (Lipinski definition) is 0. The minimum atomic E-state index is -0.388. The number of unbranched alkanes of at least 4 members (excludes halogenated alkanes) is 1. The van der Waals surface area contributed by atoms with E-state index in [9.17, 15) is 9.59 Å². The van der Waals surface area contributed by atoms with Crippen molar-refractivity contribution >= 4 is 5.91 Å². The van der Waals surface area contributed by atoms with E-state index >= 15 is 0 Å². The number of rotatable bonds is 6. The van der Waals surface area contributed by atoms with Crippen LogP contribution in [0.3, 0.4) is 0 Å². The van der Waals surface area contributed by atoms with Crippen LogP contribution in [0.2, 0.25) is 0 Å². The maximum absolute atomic E-state index is 12.3. The van der Waals surface area contributed by atoms with E-state index in [2.05, 4.69) is 6.92 Å². The van der Waals surface area contributed by atoms with Gasteiger partial charge >= 0.3 is 0 Å². The third-order valence-electron chi connectivity index (χ3n) is 3.49. The van der Waals surface area contributed by atoms with Gasteiger partial charge in [-0.15, -0.1) is 0 Å². The molecule has 0 atom stereocenters. The van der Waals surface area contributed by atoms with Crippen molar-refractivity contribution in [1.29, 1.82) is 5.26 Å². The molecule has 0 spiro atoms. The molecule has 0 N–H and O–H groups in total. The first kappa shape index (κ1) is 17.0. The Morgan fingerprint density at radius 2 is 2.10 bits per heavy atom. The Kier molecular flexibility index (Phi) is 6.16. The zero-order valence-corrected chi connectivity index (χ0v) is 13.2. The lowest BCUT2D eigenvalue weighted by Crippen LogP contribution is -2.36. The summed E-state index contributed by atoms with van der Waals surface area (Å²) in [6.07, 6.45) is 1.95. The zero-order chi connectivity index (χ0) is 16.0. The number of pyridine rings is 1. The normalized spacial score (nSPS) is 10.5. The summed E-state index contributed by atoms with van der Waals surface area (Å²) < 4.78 is 1.42. The molecule has 1 rings (SSSR count). The van der Waals surface area contributed by atoms with Gasteiger partial charge in [-0.1, -0.05) is 27.2 Å². The molecule has 0 bridgehead atoms. The number of likely N-dealkylation sites (N-methyl/N-ethyl adjacent to an activating group) is 1. The smallest absolute Gasteiger partial charge is 0.269 e. The van der Waals surface area contributed by atoms with E-state index in [0.717, 1.165) is 18.5 Å². The number of carbonyl (C=O) groups excluding carboxylic acids is 1. The second kappa shape index (κ2) is 7.63. The van der Waals surface area contributed by atoms with Crippen molar-refractivity contribution in [2.75, 3.05) is 13.6 Å². The van der Waals surface area contributed by atoms with Gasteiger partial charge in [-0.05, 0) is 24.5 Å². The lowest BCUT2D eigenvalue weighted by atomic mass is 10.1. The summed E-state index contributed by atoms with van der Waals surface area (Å²) in [6.45, 7) is 6.66. The summed E-state index contributed by atoms with van der Waals surface area (Å²) in [5, 5.41) is 8.97. The standard InChI is InChI=1S/C16H23N3O2/c1-5-6-9-18(4)15(20)11-19-14(12(2)3)8-7-13(10-17)16(19)21/h7-8,12H,5-6,9,11H2,1-4H3. The molecule has 114 valence electrons. The molecule has 0 saturated heterocycles. The van der Waals surface area contributed by atoms with Gasteiger partial charge in [-0.2, -0.15) is 5.26 Å². The predicted octanol–water partition coefficient (Wildman–Crippen LogP) is 2.10. The quantitative estimate of drug-likeness (QED) is 0.805. The van der Waals surface area contributed by atoms with Gasteiger partial charge in [0.25, 0.3) is 5.56 Å². The largest absolute Gasteiger partial charge is 0.344 e. The van der Waals surface area contributed by atoms with Crippen molar-refractivity contribution in [3.05, 3.63) is 33.7 Å². The SMILES string of the molecule is CCCCN(C)C(=O)Cn1c(C(C)C)ccc(C#N)c1=O. The van der Waals surface area contributed by atoms with E-state index in [4.69, 9.17) is 5.26 Å². The van der Waals surface area contributed by atoms with Crippen LogP contribution in [0.15, 0.2) is 16.9 Å². The van der Waals surface area contributed by atoms with Crippen molar-refractivity contribution in [2.45, 2.75) is 46.1 Å². The molecule has 1 aromatic heterocycles. The Balaban J connectivity index is 3.09. The van der Waals surface area contributed by atoms with Gasteiger partial charge in [0.2, 0.25) is 5.91 Å². The van der Waals surface area contributed by atoms with Crippen molar-refractivity contribution in [3.63, 3.8) is 0 Å². The molecular weight excluding hydrogens is 266 g/mol. The number of nitrogens with zero attached hydrogens (tertiary/aromatic N) is 3. The molecule has 5 nitrogen and oxygen atoms in total. The second-order valence-corrected chi connectivity index (χ2v) is 5.50. The van der Waals surface area contributed by atoms with Gasteiger partial charge < -0.3 is 9.47 Å². The van der Waals surface area contributed by atoms with Crippen LogP contribution < -0.4 is 5.56 Å². The summed E-state index contributed by atoms with van der Waals surface area (Å²) in [5.41, 5.74) is 0.459. The lowest BCUT2D eigenvalue weighted by molar-refractivity contribution is -0.130. The van der Waals surface area contributed by atoms with Gasteiger partial charge in [0, 0.05) is 19.3 Å². The molecule has 21 heavy (non-hydrogen) atoms. The number of nitriles is 1. The molecule has 0 fully saturated rings. The fourth-order valence-corrected chi connectivity index (χ4v) is 2.12. The summed E-state index contributed by atoms with van der Waals surface area (Å²) in [6, 6.07) is 5.16. The average molecular weight is 289 g/mol. The number of hydrogen-bond acceptors (Lipinski definition) is 3. The maximum Gasteiger partial charge on any atom is 0.269 e. The molecule has 1 heterocycles. The highest BCUT2D eigenvalue weighted by atomic mass is 16.2. The fourth-order valence-electron chi connectivity index (χ4n) is 2.12. The molecule has 0 radical (unpaired) electrons. The molecule has 0 saturated carbocycles. The zero-order valence-electron chi connectivity index (χ0n) is 13.2. The Morgan fingerprint density at radius 1 is 1.43 bits per heavy atom. The number of amides is 1. The van der Waals surface area contributed by atoms with Crippen LogP contribution in [0, 0.1) is 11.3 Å². The number of aromatic nitrogens is 1. The van der Waals surface area contributed by atoms with E-state index in [1.54, 1.807) is 18.0 Å². The van der Waals surface area contributed by atoms with Crippen LogP contribution in [0.4, 0.5) is 0 Å². The molecule has 0 aliphatic carbocycles.